The van der Waals surface area contributed by atoms with Crippen LogP contribution in [0.15, 0.2) is 36.4 Å². The molecule has 1 aliphatic carbocycles. The Morgan fingerprint density at radius 1 is 1.39 bits per heavy atom. The van der Waals surface area contributed by atoms with Crippen LogP contribution < -0.4 is 5.32 Å². The largest absolute Gasteiger partial charge is 0.381 e. The summed E-state index contributed by atoms with van der Waals surface area (Å²) >= 11 is 6.09. The third kappa shape index (κ3) is 3.06. The van der Waals surface area contributed by atoms with Gasteiger partial charge in [-0.25, -0.2) is 4.39 Å². The normalized spacial score (nSPS) is 19.0. The van der Waals surface area contributed by atoms with E-state index < -0.39 is 0 Å². The van der Waals surface area contributed by atoms with Gasteiger partial charge in [0, 0.05) is 28.1 Å². The summed E-state index contributed by atoms with van der Waals surface area (Å²) in [6, 6.07) is 11.7. The molecule has 2 unspecified atom stereocenters. The molecule has 116 valence electrons. The zero-order chi connectivity index (χ0) is 16.6. The molecule has 3 rings (SSSR count). The lowest BCUT2D eigenvalue weighted by Gasteiger charge is -2.10. The van der Waals surface area contributed by atoms with E-state index in [1.807, 2.05) is 0 Å². The van der Waals surface area contributed by atoms with Crippen molar-refractivity contribution in [1.29, 1.82) is 5.26 Å². The maximum absolute atomic E-state index is 14.0. The Balaban J connectivity index is 1.84. The number of hydrogen-bond acceptors (Lipinski definition) is 3. The Kier molecular flexibility index (Phi) is 4.06. The van der Waals surface area contributed by atoms with Crippen LogP contribution in [0.3, 0.4) is 0 Å². The number of ketones is 1. The minimum atomic E-state index is -0.315. The average Bonchev–Trinajstić information content (AvgIpc) is 3.25. The molecule has 0 bridgehead atoms. The molecule has 5 heteroatoms. The first kappa shape index (κ1) is 15.5. The van der Waals surface area contributed by atoms with Crippen LogP contribution in [0.5, 0.6) is 0 Å². The van der Waals surface area contributed by atoms with E-state index in [-0.39, 0.29) is 23.6 Å². The molecule has 0 aromatic heterocycles. The smallest absolute Gasteiger partial charge is 0.159 e. The Morgan fingerprint density at radius 2 is 2.17 bits per heavy atom. The predicted molar refractivity (Wildman–Crippen MR) is 87.3 cm³/mol. The molecule has 1 N–H and O–H groups in total. The Morgan fingerprint density at radius 3 is 2.83 bits per heavy atom. The number of hydrogen-bond donors (Lipinski definition) is 1. The van der Waals surface area contributed by atoms with Crippen LogP contribution in [-0.4, -0.2) is 11.8 Å². The third-order valence-corrected chi connectivity index (χ3v) is 4.38. The number of carbonyl (C=O) groups excluding carboxylic acids is 1. The molecule has 1 aliphatic rings. The van der Waals surface area contributed by atoms with E-state index in [1.165, 1.54) is 13.0 Å². The van der Waals surface area contributed by atoms with Gasteiger partial charge < -0.3 is 5.32 Å². The molecule has 0 radical (unpaired) electrons. The highest BCUT2D eigenvalue weighted by Crippen LogP contribution is 2.46. The number of anilines is 1. The molecule has 0 spiro atoms. The minimum absolute atomic E-state index is 0.00120. The maximum atomic E-state index is 14.0. The molecular weight excluding hydrogens is 315 g/mol. The molecule has 3 nitrogen and oxygen atoms in total. The number of benzene rings is 2. The molecule has 23 heavy (non-hydrogen) atoms. The van der Waals surface area contributed by atoms with Crippen LogP contribution in [0.25, 0.3) is 0 Å². The molecule has 2 aromatic carbocycles. The van der Waals surface area contributed by atoms with Crippen LogP contribution in [0, 0.1) is 17.1 Å². The lowest BCUT2D eigenvalue weighted by Crippen LogP contribution is -2.08. The van der Waals surface area contributed by atoms with E-state index in [4.69, 9.17) is 11.6 Å². The second-order valence-electron chi connectivity index (χ2n) is 5.66. The second kappa shape index (κ2) is 6.02. The highest BCUT2D eigenvalue weighted by molar-refractivity contribution is 6.31. The van der Waals surface area contributed by atoms with Crippen molar-refractivity contribution in [2.75, 3.05) is 5.32 Å². The van der Waals surface area contributed by atoms with Crippen LogP contribution in [0.1, 0.15) is 40.7 Å². The van der Waals surface area contributed by atoms with Crippen LogP contribution in [0.4, 0.5) is 10.1 Å². The van der Waals surface area contributed by atoms with Crippen LogP contribution in [-0.2, 0) is 0 Å². The van der Waals surface area contributed by atoms with E-state index >= 15 is 0 Å². The maximum Gasteiger partial charge on any atom is 0.159 e. The van der Waals surface area contributed by atoms with Crippen molar-refractivity contribution in [3.05, 3.63) is 63.9 Å². The van der Waals surface area contributed by atoms with E-state index in [1.54, 1.807) is 30.3 Å². The summed E-state index contributed by atoms with van der Waals surface area (Å²) in [7, 11) is 0. The van der Waals surface area contributed by atoms with E-state index in [0.29, 0.717) is 27.4 Å². The van der Waals surface area contributed by atoms with E-state index in [9.17, 15) is 14.4 Å². The molecule has 1 saturated carbocycles. The summed E-state index contributed by atoms with van der Waals surface area (Å²) in [6.07, 6.45) is 0.732. The van der Waals surface area contributed by atoms with Crippen LogP contribution >= 0.6 is 11.6 Å². The van der Waals surface area contributed by atoms with E-state index in [2.05, 4.69) is 11.4 Å². The van der Waals surface area contributed by atoms with Gasteiger partial charge in [0.1, 0.15) is 11.9 Å². The van der Waals surface area contributed by atoms with E-state index in [0.717, 1.165) is 6.42 Å². The van der Waals surface area contributed by atoms with Gasteiger partial charge in [0.05, 0.1) is 11.3 Å². The fourth-order valence-electron chi connectivity index (χ4n) is 2.72. The minimum Gasteiger partial charge on any atom is -0.381 e. The van der Waals surface area contributed by atoms with Gasteiger partial charge in [-0.1, -0.05) is 17.7 Å². The SMILES string of the molecule is CC(=O)c1ccc(C#N)c(NC2CC2c2c(F)cccc2Cl)c1. The van der Waals surface area contributed by atoms with Crippen LogP contribution in [0.2, 0.25) is 5.02 Å². The molecule has 1 fully saturated rings. The number of nitrogens with zero attached hydrogens (tertiary/aromatic N) is 1. The highest BCUT2D eigenvalue weighted by Gasteiger charge is 2.41. The quantitative estimate of drug-likeness (QED) is 0.839. The third-order valence-electron chi connectivity index (χ3n) is 4.05. The lowest BCUT2D eigenvalue weighted by atomic mass is 10.1. The Bertz CT molecular complexity index is 808. The second-order valence-corrected chi connectivity index (χ2v) is 6.06. The Labute approximate surface area is 138 Å². The molecule has 0 saturated heterocycles. The van der Waals surface area contributed by atoms with Crippen molar-refractivity contribution < 1.29 is 9.18 Å². The number of carbonyl (C=O) groups is 1. The molecule has 0 amide bonds. The number of Topliss-reactive ketones (excluding diaryl/α,β-unsaturated/α-hetero) is 1. The van der Waals surface area contributed by atoms with Gasteiger partial charge in [0.2, 0.25) is 0 Å². The summed E-state index contributed by atoms with van der Waals surface area (Å²) in [5.74, 6) is -0.414. The van der Waals surface area contributed by atoms with Crippen molar-refractivity contribution in [2.45, 2.75) is 25.3 Å². The van der Waals surface area contributed by atoms with Gasteiger partial charge in [0.25, 0.3) is 0 Å². The summed E-state index contributed by atoms with van der Waals surface area (Å²) in [4.78, 5) is 11.5. The number of nitrogens with one attached hydrogen (secondary N) is 1. The van der Waals surface area contributed by atoms with Crippen molar-refractivity contribution in [2.24, 2.45) is 0 Å². The molecule has 2 aromatic rings. The lowest BCUT2D eigenvalue weighted by molar-refractivity contribution is 0.101. The molecule has 2 atom stereocenters. The van der Waals surface area contributed by atoms with Gasteiger partial charge in [-0.2, -0.15) is 5.26 Å². The predicted octanol–water partition coefficient (Wildman–Crippen LogP) is 4.52. The van der Waals surface area contributed by atoms with Crippen molar-refractivity contribution in [3.63, 3.8) is 0 Å². The first-order chi connectivity index (χ1) is 11.0. The van der Waals surface area contributed by atoms with Gasteiger partial charge in [-0.3, -0.25) is 4.79 Å². The fraction of sp³-hybridized carbons (Fsp3) is 0.222. The van der Waals surface area contributed by atoms with Gasteiger partial charge >= 0.3 is 0 Å². The standard InChI is InChI=1S/C18H14ClFN2O/c1-10(23)11-5-6-12(9-21)16(7-11)22-17-8-13(17)18-14(19)3-2-4-15(18)20/h2-7,13,17,22H,8H2,1H3. The number of halogens is 2. The highest BCUT2D eigenvalue weighted by atomic mass is 35.5. The van der Waals surface area contributed by atoms with Crippen molar-refractivity contribution in [3.8, 4) is 6.07 Å². The molecule has 0 heterocycles. The molecular formula is C18H14ClFN2O. The summed E-state index contributed by atoms with van der Waals surface area (Å²) < 4.78 is 14.0. The summed E-state index contributed by atoms with van der Waals surface area (Å²) in [6.45, 7) is 1.48. The fourth-order valence-corrected chi connectivity index (χ4v) is 3.02. The average molecular weight is 329 g/mol. The van der Waals surface area contributed by atoms with Gasteiger partial charge in [-0.05, 0) is 43.7 Å². The number of rotatable bonds is 4. The van der Waals surface area contributed by atoms with Crippen molar-refractivity contribution >= 4 is 23.1 Å². The van der Waals surface area contributed by atoms with Crippen molar-refractivity contribution in [1.82, 2.24) is 0 Å². The first-order valence-corrected chi connectivity index (χ1v) is 7.64. The summed E-state index contributed by atoms with van der Waals surface area (Å²) in [5, 5.41) is 12.8. The van der Waals surface area contributed by atoms with Gasteiger partial charge in [0.15, 0.2) is 5.78 Å². The van der Waals surface area contributed by atoms with Gasteiger partial charge in [-0.15, -0.1) is 0 Å². The monoisotopic (exact) mass is 328 g/mol. The molecule has 0 aliphatic heterocycles. The number of nitriles is 1. The topological polar surface area (TPSA) is 52.9 Å². The zero-order valence-corrected chi connectivity index (χ0v) is 13.2. The first-order valence-electron chi connectivity index (χ1n) is 7.26. The summed E-state index contributed by atoms with van der Waals surface area (Å²) in [5.41, 5.74) is 2.10. The Hall–Kier alpha value is -2.38. The zero-order valence-electron chi connectivity index (χ0n) is 12.4.